The summed E-state index contributed by atoms with van der Waals surface area (Å²) in [5.41, 5.74) is 1.18. The Hall–Kier alpha value is -1.55. The number of aromatic nitrogens is 1. The highest BCUT2D eigenvalue weighted by molar-refractivity contribution is 9.11. The number of carbonyl (C=O) groups excluding carboxylic acids is 1. The van der Waals surface area contributed by atoms with Crippen molar-refractivity contribution in [2.24, 2.45) is 0 Å². The molecule has 0 bridgehead atoms. The number of nitrogens with one attached hydrogen (secondary N) is 1. The second-order valence-corrected chi connectivity index (χ2v) is 11.5. The van der Waals surface area contributed by atoms with Crippen LogP contribution in [-0.2, 0) is 9.84 Å². The molecule has 0 aliphatic carbocycles. The number of halogens is 1. The Balaban J connectivity index is 1.74. The van der Waals surface area contributed by atoms with E-state index in [1.807, 2.05) is 17.5 Å². The maximum atomic E-state index is 12.4. The van der Waals surface area contributed by atoms with Gasteiger partial charge < -0.3 is 0 Å². The van der Waals surface area contributed by atoms with Crippen molar-refractivity contribution in [1.29, 1.82) is 0 Å². The lowest BCUT2D eigenvalue weighted by molar-refractivity contribution is 0.102. The molecule has 1 N–H and O–H groups in total. The van der Waals surface area contributed by atoms with Gasteiger partial charge in [0.25, 0.3) is 5.91 Å². The van der Waals surface area contributed by atoms with Crippen LogP contribution in [0.1, 0.15) is 24.2 Å². The van der Waals surface area contributed by atoms with Gasteiger partial charge in [-0.25, -0.2) is 13.4 Å². The van der Waals surface area contributed by atoms with Gasteiger partial charge in [-0.3, -0.25) is 10.1 Å². The van der Waals surface area contributed by atoms with Crippen LogP contribution in [0.2, 0.25) is 0 Å². The molecule has 2 heterocycles. The Morgan fingerprint density at radius 3 is 2.42 bits per heavy atom. The number of amides is 1. The fraction of sp³-hybridized carbons (Fsp3) is 0.176. The fourth-order valence-electron chi connectivity index (χ4n) is 2.13. The molecule has 0 atom stereocenters. The maximum absolute atomic E-state index is 12.4. The third-order valence-electron chi connectivity index (χ3n) is 3.62. The van der Waals surface area contributed by atoms with Crippen LogP contribution in [0, 0.1) is 0 Å². The predicted octanol–water partition coefficient (Wildman–Crippen LogP) is 5.07. The highest BCUT2D eigenvalue weighted by Crippen LogP contribution is 2.33. The van der Waals surface area contributed by atoms with Crippen molar-refractivity contribution in [3.8, 4) is 10.6 Å². The molecule has 3 rings (SSSR count). The molecule has 5 nitrogen and oxygen atoms in total. The Labute approximate surface area is 168 Å². The van der Waals surface area contributed by atoms with Gasteiger partial charge in [0.05, 0.1) is 24.5 Å². The molecule has 0 saturated carbocycles. The van der Waals surface area contributed by atoms with Crippen molar-refractivity contribution in [3.63, 3.8) is 0 Å². The average Bonchev–Trinajstić information content (AvgIpc) is 3.23. The number of carbonyl (C=O) groups is 1. The minimum absolute atomic E-state index is 0.212. The van der Waals surface area contributed by atoms with E-state index in [-0.39, 0.29) is 10.8 Å². The van der Waals surface area contributed by atoms with Gasteiger partial charge in [-0.05, 0) is 66.2 Å². The lowest BCUT2D eigenvalue weighted by Gasteiger charge is -2.08. The quantitative estimate of drug-likeness (QED) is 0.564. The van der Waals surface area contributed by atoms with Gasteiger partial charge in [0, 0.05) is 10.9 Å². The fourth-order valence-corrected chi connectivity index (χ4v) is 5.32. The zero-order valence-electron chi connectivity index (χ0n) is 13.9. The summed E-state index contributed by atoms with van der Waals surface area (Å²) >= 11 is 6.32. The standard InChI is InChI=1S/C17H15BrN2O3S3/c1-10(2)26(22,23)12-5-3-11(4-6-12)16(21)20-17-19-13(9-24-17)14-7-8-15(18)25-14/h3-10H,1-2H3,(H,19,20,21). The normalized spacial score (nSPS) is 11.7. The molecule has 0 fully saturated rings. The summed E-state index contributed by atoms with van der Waals surface area (Å²) in [6, 6.07) is 9.85. The number of benzene rings is 1. The Morgan fingerprint density at radius 1 is 1.15 bits per heavy atom. The molecule has 2 aromatic heterocycles. The van der Waals surface area contributed by atoms with Gasteiger partial charge in [-0.15, -0.1) is 22.7 Å². The molecule has 0 spiro atoms. The van der Waals surface area contributed by atoms with Crippen LogP contribution in [-0.4, -0.2) is 24.6 Å². The van der Waals surface area contributed by atoms with Crippen LogP contribution in [0.4, 0.5) is 5.13 Å². The van der Waals surface area contributed by atoms with Gasteiger partial charge in [-0.1, -0.05) is 0 Å². The Morgan fingerprint density at radius 2 is 1.85 bits per heavy atom. The summed E-state index contributed by atoms with van der Waals surface area (Å²) < 4.78 is 25.3. The van der Waals surface area contributed by atoms with E-state index in [0.717, 1.165) is 14.4 Å². The van der Waals surface area contributed by atoms with E-state index in [4.69, 9.17) is 0 Å². The molecule has 0 aliphatic rings. The smallest absolute Gasteiger partial charge is 0.257 e. The lowest BCUT2D eigenvalue weighted by Crippen LogP contribution is -2.15. The van der Waals surface area contributed by atoms with Crippen molar-refractivity contribution in [2.45, 2.75) is 24.0 Å². The summed E-state index contributed by atoms with van der Waals surface area (Å²) in [7, 11) is -3.35. The minimum Gasteiger partial charge on any atom is -0.298 e. The van der Waals surface area contributed by atoms with Crippen molar-refractivity contribution in [3.05, 3.63) is 51.1 Å². The van der Waals surface area contributed by atoms with Crippen molar-refractivity contribution in [1.82, 2.24) is 4.98 Å². The van der Waals surface area contributed by atoms with Crippen molar-refractivity contribution in [2.75, 3.05) is 5.32 Å². The molecule has 0 radical (unpaired) electrons. The van der Waals surface area contributed by atoms with E-state index < -0.39 is 15.1 Å². The molecule has 9 heteroatoms. The van der Waals surface area contributed by atoms with E-state index in [1.54, 1.807) is 25.2 Å². The van der Waals surface area contributed by atoms with E-state index in [1.165, 1.54) is 35.6 Å². The van der Waals surface area contributed by atoms with Crippen LogP contribution in [0.3, 0.4) is 0 Å². The zero-order valence-corrected chi connectivity index (χ0v) is 17.9. The van der Waals surface area contributed by atoms with Crippen LogP contribution in [0.5, 0.6) is 0 Å². The number of anilines is 1. The first-order chi connectivity index (χ1) is 12.3. The van der Waals surface area contributed by atoms with Crippen molar-refractivity contribution >= 4 is 59.5 Å². The van der Waals surface area contributed by atoms with E-state index in [0.29, 0.717) is 10.7 Å². The maximum Gasteiger partial charge on any atom is 0.257 e. The van der Waals surface area contributed by atoms with Gasteiger partial charge >= 0.3 is 0 Å². The molecule has 26 heavy (non-hydrogen) atoms. The molecule has 3 aromatic rings. The first-order valence-electron chi connectivity index (χ1n) is 7.64. The number of thiophene rings is 1. The average molecular weight is 471 g/mol. The molecule has 1 amide bonds. The summed E-state index contributed by atoms with van der Waals surface area (Å²) in [5.74, 6) is -0.327. The number of rotatable bonds is 5. The van der Waals surface area contributed by atoms with E-state index >= 15 is 0 Å². The molecule has 0 aliphatic heterocycles. The second-order valence-electron chi connectivity index (χ2n) is 5.71. The molecular weight excluding hydrogens is 456 g/mol. The highest BCUT2D eigenvalue weighted by Gasteiger charge is 2.19. The number of thiazole rings is 1. The largest absolute Gasteiger partial charge is 0.298 e. The summed E-state index contributed by atoms with van der Waals surface area (Å²) in [6.45, 7) is 3.25. The molecule has 1 aromatic carbocycles. The van der Waals surface area contributed by atoms with Crippen LogP contribution in [0.15, 0.2) is 50.5 Å². The highest BCUT2D eigenvalue weighted by atomic mass is 79.9. The Kier molecular flexibility index (Phi) is 5.61. The first kappa shape index (κ1) is 19.2. The molecule has 0 unspecified atom stereocenters. The minimum atomic E-state index is -3.35. The molecular formula is C17H15BrN2O3S3. The van der Waals surface area contributed by atoms with Crippen molar-refractivity contribution < 1.29 is 13.2 Å². The number of nitrogens with zero attached hydrogens (tertiary/aromatic N) is 1. The number of sulfone groups is 1. The van der Waals surface area contributed by atoms with E-state index in [2.05, 4.69) is 26.2 Å². The molecule has 0 saturated heterocycles. The van der Waals surface area contributed by atoms with Crippen LogP contribution in [0.25, 0.3) is 10.6 Å². The number of hydrogen-bond donors (Lipinski definition) is 1. The van der Waals surface area contributed by atoms with Gasteiger partial charge in [-0.2, -0.15) is 0 Å². The topological polar surface area (TPSA) is 76.1 Å². The third-order valence-corrected chi connectivity index (χ3v) is 8.19. The molecule has 136 valence electrons. The summed E-state index contributed by atoms with van der Waals surface area (Å²) in [5, 5.41) is 4.62. The summed E-state index contributed by atoms with van der Waals surface area (Å²) in [6.07, 6.45) is 0. The van der Waals surface area contributed by atoms with E-state index in [9.17, 15) is 13.2 Å². The van der Waals surface area contributed by atoms with Crippen LogP contribution >= 0.6 is 38.6 Å². The Bertz CT molecular complexity index is 1040. The monoisotopic (exact) mass is 470 g/mol. The lowest BCUT2D eigenvalue weighted by atomic mass is 10.2. The second kappa shape index (κ2) is 7.59. The van der Waals surface area contributed by atoms with Gasteiger partial charge in [0.15, 0.2) is 15.0 Å². The van der Waals surface area contributed by atoms with Gasteiger partial charge in [0.1, 0.15) is 0 Å². The van der Waals surface area contributed by atoms with Crippen LogP contribution < -0.4 is 5.32 Å². The first-order valence-corrected chi connectivity index (χ1v) is 11.7. The summed E-state index contributed by atoms with van der Waals surface area (Å²) in [4.78, 5) is 18.0. The third kappa shape index (κ3) is 4.06. The zero-order chi connectivity index (χ0) is 18.9. The SMILES string of the molecule is CC(C)S(=O)(=O)c1ccc(C(=O)Nc2nc(-c3ccc(Br)s3)cs2)cc1. The van der Waals surface area contributed by atoms with Gasteiger partial charge in [0.2, 0.25) is 0 Å². The predicted molar refractivity (Wildman–Crippen MR) is 110 cm³/mol. The number of hydrogen-bond acceptors (Lipinski definition) is 6.